The fourth-order valence-electron chi connectivity index (χ4n) is 1.57. The van der Waals surface area contributed by atoms with E-state index in [1.807, 2.05) is 0 Å². The molecule has 0 spiro atoms. The molecule has 0 radical (unpaired) electrons. The van der Waals surface area contributed by atoms with Crippen molar-refractivity contribution in [2.75, 3.05) is 5.33 Å². The van der Waals surface area contributed by atoms with Crippen molar-refractivity contribution in [3.05, 3.63) is 37.1 Å². The second-order valence-corrected chi connectivity index (χ2v) is 4.66. The molecular weight excluding hydrogens is 306 g/mol. The fraction of sp³-hybridized carbons (Fsp3) is 0.600. The zero-order valence-electron chi connectivity index (χ0n) is 9.97. The maximum Gasteiger partial charge on any atom is 0.350 e. The molecule has 1 rings (SSSR count). The lowest BCUT2D eigenvalue weighted by atomic mass is 10.2. The van der Waals surface area contributed by atoms with Crippen molar-refractivity contribution in [1.82, 2.24) is 9.13 Å². The summed E-state index contributed by atoms with van der Waals surface area (Å²) in [7, 11) is 1.39. The topological polar surface area (TPSA) is 87.1 Å². The van der Waals surface area contributed by atoms with Gasteiger partial charge in [-0.05, 0) is 12.8 Å². The van der Waals surface area contributed by atoms with Gasteiger partial charge in [-0.1, -0.05) is 22.4 Å². The molecule has 0 saturated heterocycles. The molecule has 18 heavy (non-hydrogen) atoms. The van der Waals surface area contributed by atoms with Crippen molar-refractivity contribution >= 4 is 21.6 Å². The first-order chi connectivity index (χ1) is 8.49. The van der Waals surface area contributed by atoms with E-state index in [1.54, 1.807) is 0 Å². The highest BCUT2D eigenvalue weighted by Crippen LogP contribution is 2.02. The van der Waals surface area contributed by atoms with Gasteiger partial charge in [0.2, 0.25) is 0 Å². The lowest BCUT2D eigenvalue weighted by Gasteiger charge is -2.06. The normalized spacial score (nSPS) is 10.6. The Morgan fingerprint density at radius 1 is 1.33 bits per heavy atom. The number of rotatable bonds is 6. The van der Waals surface area contributed by atoms with Crippen molar-refractivity contribution in [3.8, 4) is 0 Å². The van der Waals surface area contributed by atoms with Crippen LogP contribution >= 0.6 is 15.9 Å². The van der Waals surface area contributed by atoms with E-state index in [2.05, 4.69) is 15.9 Å². The number of unbranched alkanes of at least 4 members (excludes halogenated alkanes) is 2. The van der Waals surface area contributed by atoms with Gasteiger partial charge in [0, 0.05) is 18.9 Å². The van der Waals surface area contributed by atoms with Crippen LogP contribution in [0.4, 0.5) is 5.69 Å². The van der Waals surface area contributed by atoms with E-state index in [0.717, 1.165) is 33.5 Å². The zero-order chi connectivity index (χ0) is 13.7. The summed E-state index contributed by atoms with van der Waals surface area (Å²) < 4.78 is 1.98. The minimum Gasteiger partial charge on any atom is -0.297 e. The SMILES string of the molecule is Cn1cc([N+](=O)[O-])c(=O)n(CCCCCBr)c1=O. The Hall–Kier alpha value is -1.44. The van der Waals surface area contributed by atoms with Gasteiger partial charge in [0.1, 0.15) is 0 Å². The largest absolute Gasteiger partial charge is 0.350 e. The molecule has 0 bridgehead atoms. The summed E-state index contributed by atoms with van der Waals surface area (Å²) in [5.74, 6) is 0. The van der Waals surface area contributed by atoms with Gasteiger partial charge in [0.15, 0.2) is 0 Å². The minimum absolute atomic E-state index is 0.209. The van der Waals surface area contributed by atoms with Gasteiger partial charge >= 0.3 is 16.9 Å². The number of nitro groups is 1. The Kier molecular flexibility index (Phi) is 5.26. The van der Waals surface area contributed by atoms with Gasteiger partial charge in [-0.15, -0.1) is 0 Å². The van der Waals surface area contributed by atoms with Crippen LogP contribution in [0, 0.1) is 10.1 Å². The monoisotopic (exact) mass is 319 g/mol. The van der Waals surface area contributed by atoms with Gasteiger partial charge in [-0.3, -0.25) is 24.0 Å². The van der Waals surface area contributed by atoms with E-state index in [1.165, 1.54) is 7.05 Å². The average molecular weight is 320 g/mol. The molecule has 100 valence electrons. The predicted molar refractivity (Wildman–Crippen MR) is 70.2 cm³/mol. The van der Waals surface area contributed by atoms with Crippen LogP contribution in [-0.4, -0.2) is 19.4 Å². The van der Waals surface area contributed by atoms with Crippen molar-refractivity contribution < 1.29 is 4.92 Å². The summed E-state index contributed by atoms with van der Waals surface area (Å²) in [5, 5.41) is 11.5. The van der Waals surface area contributed by atoms with Crippen molar-refractivity contribution in [1.29, 1.82) is 0 Å². The molecule has 0 aliphatic heterocycles. The summed E-state index contributed by atoms with van der Waals surface area (Å²) in [4.78, 5) is 33.4. The molecule has 0 unspecified atom stereocenters. The molecule has 0 aromatic carbocycles. The molecule has 0 amide bonds. The van der Waals surface area contributed by atoms with Crippen LogP contribution in [0.3, 0.4) is 0 Å². The third-order valence-electron chi connectivity index (χ3n) is 2.52. The quantitative estimate of drug-likeness (QED) is 0.339. The summed E-state index contributed by atoms with van der Waals surface area (Å²) in [6.45, 7) is 0.209. The molecule has 0 saturated carbocycles. The Bertz CT molecular complexity index is 549. The van der Waals surface area contributed by atoms with Crippen LogP contribution in [0.15, 0.2) is 15.8 Å². The second-order valence-electron chi connectivity index (χ2n) is 3.87. The first-order valence-corrected chi connectivity index (χ1v) is 6.62. The zero-order valence-corrected chi connectivity index (χ0v) is 11.6. The van der Waals surface area contributed by atoms with Crippen molar-refractivity contribution in [2.24, 2.45) is 7.05 Å². The highest BCUT2D eigenvalue weighted by atomic mass is 79.9. The van der Waals surface area contributed by atoms with Crippen LogP contribution in [0.1, 0.15) is 19.3 Å². The highest BCUT2D eigenvalue weighted by Gasteiger charge is 2.18. The number of hydrogen-bond donors (Lipinski definition) is 0. The Balaban J connectivity index is 3.06. The number of hydrogen-bond acceptors (Lipinski definition) is 4. The van der Waals surface area contributed by atoms with Crippen molar-refractivity contribution in [2.45, 2.75) is 25.8 Å². The fourth-order valence-corrected chi connectivity index (χ4v) is 1.97. The van der Waals surface area contributed by atoms with Crippen LogP contribution in [0.2, 0.25) is 0 Å². The number of aromatic nitrogens is 2. The molecule has 0 N–H and O–H groups in total. The van der Waals surface area contributed by atoms with E-state index >= 15 is 0 Å². The average Bonchev–Trinajstić information content (AvgIpc) is 2.32. The summed E-state index contributed by atoms with van der Waals surface area (Å²) in [6.07, 6.45) is 3.38. The third-order valence-corrected chi connectivity index (χ3v) is 3.09. The molecule has 0 atom stereocenters. The molecule has 0 aliphatic carbocycles. The Morgan fingerprint density at radius 3 is 2.56 bits per heavy atom. The first-order valence-electron chi connectivity index (χ1n) is 5.50. The molecule has 1 aromatic heterocycles. The maximum atomic E-state index is 11.7. The van der Waals surface area contributed by atoms with Crippen LogP contribution in [0.5, 0.6) is 0 Å². The summed E-state index contributed by atoms with van der Waals surface area (Å²) in [6, 6.07) is 0. The smallest absolute Gasteiger partial charge is 0.297 e. The molecule has 8 heteroatoms. The van der Waals surface area contributed by atoms with Crippen LogP contribution < -0.4 is 11.2 Å². The second kappa shape index (κ2) is 6.48. The number of aryl methyl sites for hydroxylation is 1. The van der Waals surface area contributed by atoms with Crippen molar-refractivity contribution in [3.63, 3.8) is 0 Å². The van der Waals surface area contributed by atoms with Gasteiger partial charge in [0.25, 0.3) is 0 Å². The molecule has 0 fully saturated rings. The highest BCUT2D eigenvalue weighted by molar-refractivity contribution is 9.09. The molecule has 1 aromatic rings. The first kappa shape index (κ1) is 14.6. The Labute approximate surface area is 111 Å². The van der Waals surface area contributed by atoms with Gasteiger partial charge < -0.3 is 0 Å². The Morgan fingerprint density at radius 2 is 2.00 bits per heavy atom. The van der Waals surface area contributed by atoms with Crippen LogP contribution in [-0.2, 0) is 13.6 Å². The van der Waals surface area contributed by atoms with E-state index in [9.17, 15) is 19.7 Å². The minimum atomic E-state index is -0.832. The van der Waals surface area contributed by atoms with E-state index in [0.29, 0.717) is 6.42 Å². The molecular formula is C10H14BrN3O4. The molecule has 0 aliphatic rings. The molecule has 7 nitrogen and oxygen atoms in total. The van der Waals surface area contributed by atoms with E-state index in [-0.39, 0.29) is 6.54 Å². The van der Waals surface area contributed by atoms with E-state index < -0.39 is 21.9 Å². The number of halogens is 1. The van der Waals surface area contributed by atoms with Crippen LogP contribution in [0.25, 0.3) is 0 Å². The van der Waals surface area contributed by atoms with Gasteiger partial charge in [0.05, 0.1) is 11.1 Å². The lowest BCUT2D eigenvalue weighted by molar-refractivity contribution is -0.387. The van der Waals surface area contributed by atoms with Gasteiger partial charge in [-0.25, -0.2) is 4.79 Å². The predicted octanol–water partition coefficient (Wildman–Crippen LogP) is 1.02. The lowest BCUT2D eigenvalue weighted by Crippen LogP contribution is -2.39. The maximum absolute atomic E-state index is 11.7. The standard InChI is InChI=1S/C10H14BrN3O4/c1-12-7-8(14(17)18)9(15)13(10(12)16)6-4-2-3-5-11/h7H,2-6H2,1H3. The molecule has 1 heterocycles. The number of alkyl halides is 1. The third kappa shape index (κ3) is 3.28. The summed E-state index contributed by atoms with van der Waals surface area (Å²) >= 11 is 3.28. The number of nitrogens with zero attached hydrogens (tertiary/aromatic N) is 3. The van der Waals surface area contributed by atoms with Gasteiger partial charge in [-0.2, -0.15) is 0 Å². The summed E-state index contributed by atoms with van der Waals surface area (Å²) in [5.41, 5.74) is -1.93. The van der Waals surface area contributed by atoms with E-state index in [4.69, 9.17) is 0 Å².